The minimum Gasteiger partial charge on any atom is -0.497 e. The normalized spacial score (nSPS) is 11.0. The molecule has 2 aromatic carbocycles. The molecular formula is C22H30N2O2. The third-order valence-corrected chi connectivity index (χ3v) is 4.38. The first-order valence-corrected chi connectivity index (χ1v) is 9.15. The third-order valence-electron chi connectivity index (χ3n) is 4.38. The van der Waals surface area contributed by atoms with Gasteiger partial charge >= 0.3 is 0 Å². The van der Waals surface area contributed by atoms with Gasteiger partial charge < -0.3 is 10.1 Å². The Balaban J connectivity index is 1.72. The summed E-state index contributed by atoms with van der Waals surface area (Å²) in [5.74, 6) is 1.43. The summed E-state index contributed by atoms with van der Waals surface area (Å²) < 4.78 is 5.24. The second kappa shape index (κ2) is 9.97. The summed E-state index contributed by atoms with van der Waals surface area (Å²) in [6.07, 6.45) is 0.851. The lowest BCUT2D eigenvalue weighted by atomic mass is 10.0. The Morgan fingerprint density at radius 1 is 1.12 bits per heavy atom. The molecule has 2 rings (SSSR count). The van der Waals surface area contributed by atoms with E-state index in [2.05, 4.69) is 43.4 Å². The monoisotopic (exact) mass is 354 g/mol. The molecule has 0 unspecified atom stereocenters. The van der Waals surface area contributed by atoms with E-state index in [0.29, 0.717) is 25.6 Å². The van der Waals surface area contributed by atoms with Gasteiger partial charge in [-0.15, -0.1) is 0 Å². The summed E-state index contributed by atoms with van der Waals surface area (Å²) in [5, 5.41) is 3.00. The summed E-state index contributed by atoms with van der Waals surface area (Å²) in [6, 6.07) is 16.6. The van der Waals surface area contributed by atoms with Crippen molar-refractivity contribution in [2.24, 2.45) is 0 Å². The Bertz CT molecular complexity index is 696. The van der Waals surface area contributed by atoms with Crippen molar-refractivity contribution >= 4 is 5.91 Å². The van der Waals surface area contributed by atoms with Gasteiger partial charge in [0, 0.05) is 13.1 Å². The maximum Gasteiger partial charge on any atom is 0.234 e. The molecule has 0 bridgehead atoms. The van der Waals surface area contributed by atoms with Crippen molar-refractivity contribution in [3.8, 4) is 5.75 Å². The smallest absolute Gasteiger partial charge is 0.234 e. The van der Waals surface area contributed by atoms with Crippen LogP contribution in [0.25, 0.3) is 0 Å². The van der Waals surface area contributed by atoms with Crippen LogP contribution >= 0.6 is 0 Å². The Kier molecular flexibility index (Phi) is 7.67. The highest BCUT2D eigenvalue weighted by Crippen LogP contribution is 2.15. The highest BCUT2D eigenvalue weighted by Gasteiger charge is 2.07. The lowest BCUT2D eigenvalue weighted by Gasteiger charge is -2.17. The molecule has 0 spiro atoms. The van der Waals surface area contributed by atoms with Crippen LogP contribution in [0.2, 0.25) is 0 Å². The zero-order chi connectivity index (χ0) is 18.9. The number of benzene rings is 2. The van der Waals surface area contributed by atoms with E-state index < -0.39 is 0 Å². The van der Waals surface area contributed by atoms with Crippen LogP contribution in [0.3, 0.4) is 0 Å². The standard InChI is InChI=1S/C22H30N2O2/c1-17(2)20-10-8-18(9-11-20)12-13-23-22(25)16-24(3)15-19-6-5-7-21(14-19)26-4/h5-11,14,17H,12-13,15-16H2,1-4H3,(H,23,25). The van der Waals surface area contributed by atoms with Gasteiger partial charge in [-0.05, 0) is 48.2 Å². The Hall–Kier alpha value is -2.33. The van der Waals surface area contributed by atoms with Gasteiger partial charge in [-0.3, -0.25) is 9.69 Å². The number of nitrogens with one attached hydrogen (secondary N) is 1. The van der Waals surface area contributed by atoms with Crippen LogP contribution in [-0.4, -0.2) is 38.1 Å². The molecule has 26 heavy (non-hydrogen) atoms. The van der Waals surface area contributed by atoms with Gasteiger partial charge in [0.15, 0.2) is 0 Å². The molecule has 0 radical (unpaired) electrons. The fraction of sp³-hybridized carbons (Fsp3) is 0.409. The summed E-state index contributed by atoms with van der Waals surface area (Å²) >= 11 is 0. The minimum absolute atomic E-state index is 0.0502. The number of nitrogens with zero attached hydrogens (tertiary/aromatic N) is 1. The van der Waals surface area contributed by atoms with Crippen molar-refractivity contribution in [1.82, 2.24) is 10.2 Å². The fourth-order valence-electron chi connectivity index (χ4n) is 2.85. The first kappa shape index (κ1) is 20.0. The number of likely N-dealkylation sites (N-methyl/N-ethyl adjacent to an activating group) is 1. The van der Waals surface area contributed by atoms with Crippen LogP contribution in [0.5, 0.6) is 5.75 Å². The Morgan fingerprint density at radius 2 is 1.85 bits per heavy atom. The summed E-state index contributed by atoms with van der Waals surface area (Å²) in [4.78, 5) is 14.1. The molecule has 0 aliphatic rings. The van der Waals surface area contributed by atoms with E-state index >= 15 is 0 Å². The molecule has 0 atom stereocenters. The zero-order valence-corrected chi connectivity index (χ0v) is 16.3. The van der Waals surface area contributed by atoms with Crippen LogP contribution in [0.15, 0.2) is 48.5 Å². The maximum absolute atomic E-state index is 12.1. The molecule has 0 saturated carbocycles. The largest absolute Gasteiger partial charge is 0.497 e. The van der Waals surface area contributed by atoms with E-state index in [1.54, 1.807) is 7.11 Å². The van der Waals surface area contributed by atoms with E-state index in [4.69, 9.17) is 4.74 Å². The van der Waals surface area contributed by atoms with Gasteiger partial charge in [0.05, 0.1) is 13.7 Å². The van der Waals surface area contributed by atoms with Gasteiger partial charge in [0.25, 0.3) is 0 Å². The van der Waals surface area contributed by atoms with Crippen LogP contribution in [-0.2, 0) is 17.8 Å². The van der Waals surface area contributed by atoms with Crippen molar-refractivity contribution in [3.63, 3.8) is 0 Å². The van der Waals surface area contributed by atoms with Gasteiger partial charge in [0.2, 0.25) is 5.91 Å². The minimum atomic E-state index is 0.0502. The number of hydrogen-bond acceptors (Lipinski definition) is 3. The van der Waals surface area contributed by atoms with E-state index in [1.165, 1.54) is 11.1 Å². The van der Waals surface area contributed by atoms with Crippen molar-refractivity contribution in [2.45, 2.75) is 32.7 Å². The molecule has 1 N–H and O–H groups in total. The molecular weight excluding hydrogens is 324 g/mol. The van der Waals surface area contributed by atoms with Gasteiger partial charge in [0.1, 0.15) is 5.75 Å². The molecule has 0 saturated heterocycles. The first-order valence-electron chi connectivity index (χ1n) is 9.15. The summed E-state index contributed by atoms with van der Waals surface area (Å²) in [5.41, 5.74) is 3.72. The van der Waals surface area contributed by atoms with Crippen molar-refractivity contribution in [2.75, 3.05) is 27.2 Å². The van der Waals surface area contributed by atoms with Crippen LogP contribution in [0.4, 0.5) is 0 Å². The highest BCUT2D eigenvalue weighted by atomic mass is 16.5. The second-order valence-electron chi connectivity index (χ2n) is 7.02. The number of carbonyl (C=O) groups excluding carboxylic acids is 1. The number of rotatable bonds is 9. The fourth-order valence-corrected chi connectivity index (χ4v) is 2.85. The number of hydrogen-bond donors (Lipinski definition) is 1. The molecule has 4 nitrogen and oxygen atoms in total. The van der Waals surface area contributed by atoms with E-state index in [9.17, 15) is 4.79 Å². The van der Waals surface area contributed by atoms with Crippen molar-refractivity contribution in [1.29, 1.82) is 0 Å². The number of methoxy groups -OCH3 is 1. The van der Waals surface area contributed by atoms with E-state index in [-0.39, 0.29) is 5.91 Å². The lowest BCUT2D eigenvalue weighted by molar-refractivity contribution is -0.122. The van der Waals surface area contributed by atoms with Gasteiger partial charge in [-0.25, -0.2) is 0 Å². The maximum atomic E-state index is 12.1. The van der Waals surface area contributed by atoms with Gasteiger partial charge in [-0.2, -0.15) is 0 Å². The number of ether oxygens (including phenoxy) is 1. The average Bonchev–Trinajstić information content (AvgIpc) is 2.62. The molecule has 0 fully saturated rings. The molecule has 0 aliphatic carbocycles. The predicted molar refractivity (Wildman–Crippen MR) is 107 cm³/mol. The Labute approximate surface area is 157 Å². The summed E-state index contributed by atoms with van der Waals surface area (Å²) in [6.45, 7) is 6.13. The number of amides is 1. The van der Waals surface area contributed by atoms with Crippen molar-refractivity contribution < 1.29 is 9.53 Å². The van der Waals surface area contributed by atoms with Crippen molar-refractivity contribution in [3.05, 3.63) is 65.2 Å². The Morgan fingerprint density at radius 3 is 2.50 bits per heavy atom. The first-order chi connectivity index (χ1) is 12.5. The lowest BCUT2D eigenvalue weighted by Crippen LogP contribution is -2.35. The molecule has 0 aromatic heterocycles. The predicted octanol–water partition coefficient (Wildman–Crippen LogP) is 3.61. The molecule has 1 amide bonds. The zero-order valence-electron chi connectivity index (χ0n) is 16.3. The molecule has 2 aromatic rings. The summed E-state index contributed by atoms with van der Waals surface area (Å²) in [7, 11) is 3.61. The average molecular weight is 354 g/mol. The van der Waals surface area contributed by atoms with E-state index in [1.807, 2.05) is 36.2 Å². The highest BCUT2D eigenvalue weighted by molar-refractivity contribution is 5.77. The number of carbonyl (C=O) groups is 1. The van der Waals surface area contributed by atoms with Crippen LogP contribution < -0.4 is 10.1 Å². The molecule has 140 valence electrons. The SMILES string of the molecule is COc1cccc(CN(C)CC(=O)NCCc2ccc(C(C)C)cc2)c1. The second-order valence-corrected chi connectivity index (χ2v) is 7.02. The van der Waals surface area contributed by atoms with Crippen LogP contribution in [0.1, 0.15) is 36.5 Å². The molecule has 0 heterocycles. The quantitative estimate of drug-likeness (QED) is 0.748. The topological polar surface area (TPSA) is 41.6 Å². The molecule has 0 aliphatic heterocycles. The van der Waals surface area contributed by atoms with Crippen LogP contribution in [0, 0.1) is 0 Å². The van der Waals surface area contributed by atoms with E-state index in [0.717, 1.165) is 17.7 Å². The molecule has 4 heteroatoms. The third kappa shape index (κ3) is 6.52. The van der Waals surface area contributed by atoms with Gasteiger partial charge in [-0.1, -0.05) is 50.2 Å².